The number of thiophene rings is 2. The zero-order valence-electron chi connectivity index (χ0n) is 13.2. The summed E-state index contributed by atoms with van der Waals surface area (Å²) in [6.07, 6.45) is 0.796. The van der Waals surface area contributed by atoms with Gasteiger partial charge in [0.2, 0.25) is 6.23 Å². The minimum absolute atomic E-state index is 0.137. The summed E-state index contributed by atoms with van der Waals surface area (Å²) in [5.74, 6) is 0.985. The van der Waals surface area contributed by atoms with Crippen LogP contribution in [0.5, 0.6) is 5.75 Å². The lowest BCUT2D eigenvalue weighted by Crippen LogP contribution is -2.33. The van der Waals surface area contributed by atoms with Crippen LogP contribution in [0.15, 0.2) is 58.3 Å². The van der Waals surface area contributed by atoms with E-state index in [1.807, 2.05) is 6.07 Å². The van der Waals surface area contributed by atoms with E-state index in [1.165, 1.54) is 20.9 Å². The molecule has 1 aromatic carbocycles. The molecule has 2 atom stereocenters. The molecule has 0 bridgehead atoms. The third-order valence-corrected chi connectivity index (χ3v) is 6.60. The lowest BCUT2D eigenvalue weighted by atomic mass is 9.98. The topological polar surface area (TPSA) is 24.8 Å². The van der Waals surface area contributed by atoms with Crippen molar-refractivity contribution < 1.29 is 4.74 Å². The van der Waals surface area contributed by atoms with Gasteiger partial charge in [-0.2, -0.15) is 5.10 Å². The van der Waals surface area contributed by atoms with Crippen molar-refractivity contribution in [3.8, 4) is 5.75 Å². The highest BCUT2D eigenvalue weighted by Crippen LogP contribution is 2.48. The molecule has 0 spiro atoms. The highest BCUT2D eigenvalue weighted by atomic mass is 32.1. The number of hydrogen-bond acceptors (Lipinski definition) is 5. The van der Waals surface area contributed by atoms with Crippen molar-refractivity contribution in [3.05, 3.63) is 74.1 Å². The van der Waals surface area contributed by atoms with Crippen LogP contribution in [0.3, 0.4) is 0 Å². The second kappa shape index (κ2) is 5.46. The van der Waals surface area contributed by atoms with Gasteiger partial charge < -0.3 is 4.74 Å². The summed E-state index contributed by atoms with van der Waals surface area (Å²) >= 11 is 3.50. The third-order valence-electron chi connectivity index (χ3n) is 4.63. The summed E-state index contributed by atoms with van der Waals surface area (Å²) < 4.78 is 6.37. The number of para-hydroxylation sites is 1. The highest BCUT2D eigenvalue weighted by molar-refractivity contribution is 7.12. The molecular weight excluding hydrogens is 336 g/mol. The molecule has 3 aromatic rings. The zero-order chi connectivity index (χ0) is 16.1. The summed E-state index contributed by atoms with van der Waals surface area (Å²) in [5.41, 5.74) is 3.66. The smallest absolute Gasteiger partial charge is 0.223 e. The van der Waals surface area contributed by atoms with E-state index in [9.17, 15) is 0 Å². The maximum atomic E-state index is 6.37. The molecule has 4 heterocycles. The lowest BCUT2D eigenvalue weighted by molar-refractivity contribution is -0.0169. The number of rotatable bonds is 2. The van der Waals surface area contributed by atoms with Gasteiger partial charge in [-0.25, -0.2) is 5.01 Å². The van der Waals surface area contributed by atoms with Crippen molar-refractivity contribution in [1.29, 1.82) is 0 Å². The van der Waals surface area contributed by atoms with Crippen molar-refractivity contribution in [2.45, 2.75) is 25.6 Å². The van der Waals surface area contributed by atoms with Crippen LogP contribution in [0.1, 0.15) is 39.6 Å². The third kappa shape index (κ3) is 2.12. The van der Waals surface area contributed by atoms with Gasteiger partial charge in [0, 0.05) is 12.0 Å². The molecule has 120 valence electrons. The van der Waals surface area contributed by atoms with E-state index in [0.29, 0.717) is 0 Å². The van der Waals surface area contributed by atoms with Crippen LogP contribution < -0.4 is 4.74 Å². The number of benzene rings is 1. The fourth-order valence-corrected chi connectivity index (χ4v) is 5.10. The zero-order valence-corrected chi connectivity index (χ0v) is 14.8. The highest BCUT2D eigenvalue weighted by Gasteiger charge is 2.41. The molecule has 0 saturated carbocycles. The van der Waals surface area contributed by atoms with Crippen LogP contribution in [-0.4, -0.2) is 10.7 Å². The number of aryl methyl sites for hydroxylation is 1. The molecule has 2 aromatic heterocycles. The quantitative estimate of drug-likeness (QED) is 0.620. The molecule has 3 nitrogen and oxygen atoms in total. The Balaban J connectivity index is 1.63. The summed E-state index contributed by atoms with van der Waals surface area (Å²) in [5, 5.41) is 11.4. The summed E-state index contributed by atoms with van der Waals surface area (Å²) in [6, 6.07) is 15.0. The van der Waals surface area contributed by atoms with Crippen LogP contribution in [-0.2, 0) is 0 Å². The molecule has 2 aliphatic rings. The predicted octanol–water partition coefficient (Wildman–Crippen LogP) is 5.36. The van der Waals surface area contributed by atoms with Gasteiger partial charge in [0.05, 0.1) is 21.5 Å². The summed E-state index contributed by atoms with van der Waals surface area (Å²) in [6.45, 7) is 2.14. The molecule has 0 unspecified atom stereocenters. The predicted molar refractivity (Wildman–Crippen MR) is 98.9 cm³/mol. The van der Waals surface area contributed by atoms with E-state index in [-0.39, 0.29) is 12.3 Å². The average molecular weight is 352 g/mol. The van der Waals surface area contributed by atoms with Crippen molar-refractivity contribution in [2.24, 2.45) is 5.10 Å². The fourth-order valence-electron chi connectivity index (χ4n) is 3.44. The Hall–Kier alpha value is -2.11. The maximum absolute atomic E-state index is 6.37. The molecule has 0 aliphatic carbocycles. The average Bonchev–Trinajstić information content (AvgIpc) is 3.34. The van der Waals surface area contributed by atoms with Gasteiger partial charge in [-0.15, -0.1) is 22.7 Å². The van der Waals surface area contributed by atoms with E-state index >= 15 is 0 Å². The second-order valence-electron chi connectivity index (χ2n) is 6.10. The molecule has 5 rings (SSSR count). The Morgan fingerprint density at radius 1 is 1.08 bits per heavy atom. The largest absolute Gasteiger partial charge is 0.464 e. The Bertz CT molecular complexity index is 913. The Morgan fingerprint density at radius 2 is 2.00 bits per heavy atom. The van der Waals surface area contributed by atoms with Crippen LogP contribution in [0, 0.1) is 6.92 Å². The number of ether oxygens (including phenoxy) is 1. The van der Waals surface area contributed by atoms with Crippen molar-refractivity contribution in [3.63, 3.8) is 0 Å². The SMILES string of the molecule is Cc1ccsc1[C@H]1Oc2ccccc2[C@@H]2CC(c3cccs3)=NN12. The molecule has 0 amide bonds. The molecule has 0 fully saturated rings. The van der Waals surface area contributed by atoms with Gasteiger partial charge >= 0.3 is 0 Å². The van der Waals surface area contributed by atoms with E-state index < -0.39 is 0 Å². The first-order chi connectivity index (χ1) is 11.8. The normalized spacial score (nSPS) is 21.9. The van der Waals surface area contributed by atoms with Gasteiger partial charge in [0.25, 0.3) is 0 Å². The first kappa shape index (κ1) is 14.3. The summed E-state index contributed by atoms with van der Waals surface area (Å²) in [4.78, 5) is 2.49. The lowest BCUT2D eigenvalue weighted by Gasteiger charge is -2.37. The molecule has 24 heavy (non-hydrogen) atoms. The van der Waals surface area contributed by atoms with Crippen molar-refractivity contribution in [2.75, 3.05) is 0 Å². The molecule has 0 N–H and O–H groups in total. The van der Waals surface area contributed by atoms with Gasteiger partial charge in [0.1, 0.15) is 5.75 Å². The van der Waals surface area contributed by atoms with Gasteiger partial charge in [0.15, 0.2) is 0 Å². The number of hydrogen-bond donors (Lipinski definition) is 0. The minimum atomic E-state index is -0.137. The monoisotopic (exact) mass is 352 g/mol. The molecule has 2 aliphatic heterocycles. The Morgan fingerprint density at radius 3 is 2.79 bits per heavy atom. The number of fused-ring (bicyclic) bond motifs is 3. The van der Waals surface area contributed by atoms with E-state index in [4.69, 9.17) is 9.84 Å². The van der Waals surface area contributed by atoms with Crippen molar-refractivity contribution in [1.82, 2.24) is 5.01 Å². The maximum Gasteiger partial charge on any atom is 0.223 e. The standard InChI is InChI=1S/C19H16N2OS2/c1-12-8-10-24-18(12)19-21-15(13-5-2-3-6-16(13)22-19)11-14(20-21)17-7-4-9-23-17/h2-10,15,19H,11H2,1H3/t15-,19+/m0/s1. The summed E-state index contributed by atoms with van der Waals surface area (Å²) in [7, 11) is 0. The van der Waals surface area contributed by atoms with Gasteiger partial charge in [-0.3, -0.25) is 0 Å². The molecule has 0 saturated heterocycles. The van der Waals surface area contributed by atoms with Crippen LogP contribution in [0.4, 0.5) is 0 Å². The molecule has 0 radical (unpaired) electrons. The van der Waals surface area contributed by atoms with Crippen molar-refractivity contribution >= 4 is 28.4 Å². The van der Waals surface area contributed by atoms with Gasteiger partial charge in [-0.1, -0.05) is 24.3 Å². The number of nitrogens with zero attached hydrogens (tertiary/aromatic N) is 2. The molecule has 5 heteroatoms. The van der Waals surface area contributed by atoms with Gasteiger partial charge in [-0.05, 0) is 41.4 Å². The van der Waals surface area contributed by atoms with Crippen LogP contribution >= 0.6 is 22.7 Å². The van der Waals surface area contributed by atoms with E-state index in [0.717, 1.165) is 17.9 Å². The first-order valence-corrected chi connectivity index (χ1v) is 9.76. The Kier molecular flexibility index (Phi) is 3.24. The first-order valence-electron chi connectivity index (χ1n) is 8.00. The van der Waals surface area contributed by atoms with E-state index in [2.05, 4.69) is 59.1 Å². The second-order valence-corrected chi connectivity index (χ2v) is 8.00. The Labute approximate surface area is 148 Å². The van der Waals surface area contributed by atoms with Crippen LogP contribution in [0.2, 0.25) is 0 Å². The fraction of sp³-hybridized carbons (Fsp3) is 0.211. The van der Waals surface area contributed by atoms with E-state index in [1.54, 1.807) is 22.7 Å². The number of hydrazone groups is 1. The minimum Gasteiger partial charge on any atom is -0.464 e. The molecular formula is C19H16N2OS2. The van der Waals surface area contributed by atoms with Crippen LogP contribution in [0.25, 0.3) is 0 Å².